The molecule has 0 spiro atoms. The van der Waals surface area contributed by atoms with Crippen molar-refractivity contribution in [1.29, 1.82) is 0 Å². The van der Waals surface area contributed by atoms with E-state index in [0.717, 1.165) is 26.3 Å². The van der Waals surface area contributed by atoms with Crippen LogP contribution in [0.5, 0.6) is 5.75 Å². The Morgan fingerprint density at radius 2 is 1.88 bits per heavy atom. The third-order valence-corrected chi connectivity index (χ3v) is 7.15. The molecule has 3 fully saturated rings. The van der Waals surface area contributed by atoms with Gasteiger partial charge in [0.25, 0.3) is 0 Å². The van der Waals surface area contributed by atoms with Crippen LogP contribution in [0.15, 0.2) is 18.3 Å². The van der Waals surface area contributed by atoms with Gasteiger partial charge in [-0.1, -0.05) is 0 Å². The Balaban J connectivity index is 1.34. The number of morpholine rings is 1. The Morgan fingerprint density at radius 1 is 1.18 bits per heavy atom. The largest absolute Gasteiger partial charge is 0.480 e. The molecule has 0 amide bonds. The van der Waals surface area contributed by atoms with Crippen molar-refractivity contribution in [3.63, 3.8) is 0 Å². The lowest BCUT2D eigenvalue weighted by Crippen LogP contribution is -2.43. The number of fused-ring (bicyclic) bond motifs is 1. The van der Waals surface area contributed by atoms with Gasteiger partial charge in [0.1, 0.15) is 0 Å². The molecule has 4 atom stereocenters. The molecule has 2 aromatic heterocycles. The van der Waals surface area contributed by atoms with E-state index in [9.17, 15) is 13.2 Å². The van der Waals surface area contributed by atoms with E-state index >= 15 is 0 Å². The number of ether oxygens (including phenoxy) is 2. The van der Waals surface area contributed by atoms with E-state index in [1.54, 1.807) is 0 Å². The van der Waals surface area contributed by atoms with Crippen molar-refractivity contribution in [3.05, 3.63) is 24.0 Å². The number of halogens is 3. The quantitative estimate of drug-likeness (QED) is 0.698. The number of nitrogens with zero attached hydrogens (tertiary/aromatic N) is 4. The predicted octanol–water partition coefficient (Wildman–Crippen LogP) is 3.87. The monoisotopic (exact) mass is 465 g/mol. The molecule has 1 saturated heterocycles. The highest BCUT2D eigenvalue weighted by molar-refractivity contribution is 5.64. The zero-order valence-electron chi connectivity index (χ0n) is 18.9. The standard InChI is InChI=1S/C23H30F3N5O2/c1-13(2)31-19(21-16-8-15(9-17(16)21)30-3-5-32-6-4-30)10-18(29-31)14-7-20(22(27)28-11-14)33-12-23(24,25)26/h7,10-11,13,15-17,21H,3-6,8-9,12H2,1-2H3,(H2,27,28)/t15?,16-,17+,21+. The summed E-state index contributed by atoms with van der Waals surface area (Å²) in [7, 11) is 0. The van der Waals surface area contributed by atoms with E-state index in [2.05, 4.69) is 34.5 Å². The summed E-state index contributed by atoms with van der Waals surface area (Å²) in [5, 5.41) is 4.79. The summed E-state index contributed by atoms with van der Waals surface area (Å²) < 4.78 is 50.2. The van der Waals surface area contributed by atoms with Crippen molar-refractivity contribution in [1.82, 2.24) is 19.7 Å². The molecule has 10 heteroatoms. The molecule has 2 aromatic rings. The Hall–Kier alpha value is -2.33. The van der Waals surface area contributed by atoms with Gasteiger partial charge < -0.3 is 15.2 Å². The van der Waals surface area contributed by atoms with E-state index < -0.39 is 12.8 Å². The Kier molecular flexibility index (Phi) is 5.76. The second-order valence-corrected chi connectivity index (χ2v) is 9.63. The van der Waals surface area contributed by atoms with Crippen LogP contribution in [0, 0.1) is 11.8 Å². The first-order chi connectivity index (χ1) is 15.7. The van der Waals surface area contributed by atoms with Crippen molar-refractivity contribution in [2.75, 3.05) is 38.6 Å². The van der Waals surface area contributed by atoms with Crippen LogP contribution in [-0.4, -0.2) is 64.8 Å². The van der Waals surface area contributed by atoms with Crippen LogP contribution in [0.25, 0.3) is 11.3 Å². The first-order valence-corrected chi connectivity index (χ1v) is 11.6. The molecule has 180 valence electrons. The number of hydrogen-bond donors (Lipinski definition) is 1. The average Bonchev–Trinajstić information content (AvgIpc) is 3.13. The SMILES string of the molecule is CC(C)n1nc(-c2cnc(N)c(OCC(F)(F)F)c2)cc1[C@H]1[C@@H]2CC(N3CCOCC3)C[C@@H]21. The third kappa shape index (κ3) is 4.55. The van der Waals surface area contributed by atoms with Crippen LogP contribution >= 0.6 is 0 Å². The zero-order valence-corrected chi connectivity index (χ0v) is 18.9. The second-order valence-electron chi connectivity index (χ2n) is 9.63. The summed E-state index contributed by atoms with van der Waals surface area (Å²) in [6, 6.07) is 4.37. The molecule has 0 aromatic carbocycles. The molecule has 3 aliphatic rings. The van der Waals surface area contributed by atoms with Gasteiger partial charge in [0.15, 0.2) is 18.2 Å². The number of alkyl halides is 3. The van der Waals surface area contributed by atoms with Crippen molar-refractivity contribution in [2.45, 2.75) is 50.9 Å². The van der Waals surface area contributed by atoms with Gasteiger partial charge in [0.2, 0.25) is 0 Å². The fraction of sp³-hybridized carbons (Fsp3) is 0.652. The predicted molar refractivity (Wildman–Crippen MR) is 117 cm³/mol. The molecule has 7 nitrogen and oxygen atoms in total. The average molecular weight is 466 g/mol. The van der Waals surface area contributed by atoms with Crippen LogP contribution in [0.4, 0.5) is 19.0 Å². The Bertz CT molecular complexity index is 990. The lowest BCUT2D eigenvalue weighted by atomic mass is 10.0. The van der Waals surface area contributed by atoms with Gasteiger partial charge in [-0.05, 0) is 50.7 Å². The first-order valence-electron chi connectivity index (χ1n) is 11.6. The summed E-state index contributed by atoms with van der Waals surface area (Å²) in [4.78, 5) is 6.61. The van der Waals surface area contributed by atoms with Gasteiger partial charge in [-0.3, -0.25) is 9.58 Å². The van der Waals surface area contributed by atoms with Gasteiger partial charge in [0, 0.05) is 48.5 Å². The number of nitrogens with two attached hydrogens (primary N) is 1. The fourth-order valence-corrected chi connectivity index (χ4v) is 5.57. The van der Waals surface area contributed by atoms with Gasteiger partial charge in [-0.25, -0.2) is 4.98 Å². The molecule has 3 heterocycles. The van der Waals surface area contributed by atoms with Crippen LogP contribution in [0.3, 0.4) is 0 Å². The van der Waals surface area contributed by atoms with E-state index in [4.69, 9.17) is 20.3 Å². The lowest BCUT2D eigenvalue weighted by Gasteiger charge is -2.33. The minimum atomic E-state index is -4.45. The maximum Gasteiger partial charge on any atom is 0.422 e. The molecule has 2 aliphatic carbocycles. The smallest absolute Gasteiger partial charge is 0.422 e. The topological polar surface area (TPSA) is 78.4 Å². The normalized spacial score (nSPS) is 27.7. The summed E-state index contributed by atoms with van der Waals surface area (Å²) in [6.45, 7) is 6.45. The summed E-state index contributed by atoms with van der Waals surface area (Å²) in [5.74, 6) is 1.65. The van der Waals surface area contributed by atoms with Gasteiger partial charge in [-0.15, -0.1) is 0 Å². The molecule has 5 rings (SSSR count). The summed E-state index contributed by atoms with van der Waals surface area (Å²) in [5.41, 5.74) is 8.21. The van der Waals surface area contributed by atoms with Gasteiger partial charge >= 0.3 is 6.18 Å². The molecule has 1 aliphatic heterocycles. The fourth-order valence-electron chi connectivity index (χ4n) is 5.57. The van der Waals surface area contributed by atoms with Crippen molar-refractivity contribution in [2.24, 2.45) is 11.8 Å². The third-order valence-electron chi connectivity index (χ3n) is 7.15. The minimum Gasteiger partial charge on any atom is -0.480 e. The lowest BCUT2D eigenvalue weighted by molar-refractivity contribution is -0.153. The molecule has 0 bridgehead atoms. The molecule has 2 N–H and O–H groups in total. The minimum absolute atomic E-state index is 0.0719. The van der Waals surface area contributed by atoms with E-state index in [0.29, 0.717) is 35.1 Å². The Morgan fingerprint density at radius 3 is 2.52 bits per heavy atom. The number of anilines is 1. The summed E-state index contributed by atoms with van der Waals surface area (Å²) in [6.07, 6.45) is -0.508. The molecule has 2 saturated carbocycles. The second kappa shape index (κ2) is 8.47. The number of hydrogen-bond acceptors (Lipinski definition) is 6. The van der Waals surface area contributed by atoms with Crippen LogP contribution in [0.2, 0.25) is 0 Å². The summed E-state index contributed by atoms with van der Waals surface area (Å²) >= 11 is 0. The number of rotatable bonds is 6. The number of pyridine rings is 1. The highest BCUT2D eigenvalue weighted by Crippen LogP contribution is 2.64. The maximum absolute atomic E-state index is 12.6. The maximum atomic E-state index is 12.6. The Labute approximate surface area is 191 Å². The van der Waals surface area contributed by atoms with E-state index in [-0.39, 0.29) is 17.6 Å². The highest BCUT2D eigenvalue weighted by atomic mass is 19.4. The van der Waals surface area contributed by atoms with E-state index in [1.165, 1.54) is 30.8 Å². The number of aromatic nitrogens is 3. The van der Waals surface area contributed by atoms with Crippen molar-refractivity contribution in [3.8, 4) is 17.0 Å². The molecule has 1 unspecified atom stereocenters. The van der Waals surface area contributed by atoms with Crippen LogP contribution in [-0.2, 0) is 4.74 Å². The molecular formula is C23H30F3N5O2. The van der Waals surface area contributed by atoms with Crippen LogP contribution in [0.1, 0.15) is 44.3 Å². The van der Waals surface area contributed by atoms with Gasteiger partial charge in [-0.2, -0.15) is 18.3 Å². The number of nitrogen functional groups attached to an aromatic ring is 1. The van der Waals surface area contributed by atoms with Crippen molar-refractivity contribution < 1.29 is 22.6 Å². The van der Waals surface area contributed by atoms with Gasteiger partial charge in [0.05, 0.1) is 18.9 Å². The molecule has 0 radical (unpaired) electrons. The highest BCUT2D eigenvalue weighted by Gasteiger charge is 2.58. The molecule has 33 heavy (non-hydrogen) atoms. The van der Waals surface area contributed by atoms with Crippen molar-refractivity contribution >= 4 is 5.82 Å². The van der Waals surface area contributed by atoms with E-state index in [1.807, 2.05) is 0 Å². The first kappa shape index (κ1) is 22.5. The van der Waals surface area contributed by atoms with Crippen LogP contribution < -0.4 is 10.5 Å². The molecular weight excluding hydrogens is 435 g/mol. The zero-order chi connectivity index (χ0) is 23.3.